The maximum atomic E-state index is 6.04. The van der Waals surface area contributed by atoms with Gasteiger partial charge < -0.3 is 106 Å². The second kappa shape index (κ2) is 30.2. The summed E-state index contributed by atoms with van der Waals surface area (Å²) in [6.07, 6.45) is 8.68. The van der Waals surface area contributed by atoms with Crippen LogP contribution in [-0.2, 0) is 106 Å². The van der Waals surface area contributed by atoms with Crippen LogP contribution >= 0.6 is 0 Å². The van der Waals surface area contributed by atoms with Gasteiger partial charge in [-0.3, -0.25) is 0 Å². The van der Waals surface area contributed by atoms with E-state index in [-0.39, 0.29) is 39.1 Å². The molecule has 6 aliphatic rings. The zero-order valence-corrected chi connectivity index (χ0v) is 40.7. The summed E-state index contributed by atoms with van der Waals surface area (Å²) in [7, 11) is -13.9. The molecule has 0 aromatic heterocycles. The van der Waals surface area contributed by atoms with Gasteiger partial charge >= 0.3 is 87.7 Å². The molecule has 0 aromatic rings. The van der Waals surface area contributed by atoms with E-state index in [9.17, 15) is 0 Å². The van der Waals surface area contributed by atoms with Crippen LogP contribution in [0.2, 0.25) is 6.32 Å². The molecule has 6 saturated heterocycles. The Hall–Kier alpha value is -0.141. The molecular formula is C32H66B12O23. The van der Waals surface area contributed by atoms with Crippen LogP contribution in [0, 0.1) is 5.92 Å². The fourth-order valence-electron chi connectivity index (χ4n) is 7.13. The molecule has 6 aliphatic heterocycles. The minimum atomic E-state index is -1.32. The van der Waals surface area contributed by atoms with Crippen LogP contribution in [0.25, 0.3) is 0 Å². The SMILES string of the molecule is CCCCCCC(C)CB1OB2OCC(C)OB3OB(OCC(C)OB(O1)O2)OB(OC(C)COB1OB2OCC(C)OB4OB(OCC(C)OB(O2)O1)OB(OC(C)CCCCCC)O4)O3. The molecule has 6 rings (SSSR count). The van der Waals surface area contributed by atoms with Crippen molar-refractivity contribution in [3.63, 3.8) is 0 Å². The second-order valence-electron chi connectivity index (χ2n) is 17.6. The second-order valence-corrected chi connectivity index (χ2v) is 17.6. The Balaban J connectivity index is 0.960. The lowest BCUT2D eigenvalue weighted by molar-refractivity contribution is -0.0143. The maximum absolute atomic E-state index is 6.04. The molecule has 0 amide bonds. The minimum absolute atomic E-state index is 0.00601. The molecule has 6 fully saturated rings. The topological polar surface area (TPSA) is 212 Å². The number of unbranched alkanes of at least 4 members (excludes halogenated alkanes) is 6. The molecule has 0 aromatic carbocycles. The lowest BCUT2D eigenvalue weighted by Crippen LogP contribution is -2.57. The van der Waals surface area contributed by atoms with Crippen molar-refractivity contribution >= 4 is 87.7 Å². The molecule has 7 atom stereocenters. The van der Waals surface area contributed by atoms with Crippen molar-refractivity contribution in [2.24, 2.45) is 5.92 Å². The van der Waals surface area contributed by atoms with Gasteiger partial charge in [0, 0.05) is 6.10 Å². The summed E-state index contributed by atoms with van der Waals surface area (Å²) in [6, 6.07) is 0. The highest BCUT2D eigenvalue weighted by molar-refractivity contribution is 6.70. The first-order chi connectivity index (χ1) is 32.4. The Morgan fingerprint density at radius 3 is 1.27 bits per heavy atom. The van der Waals surface area contributed by atoms with Crippen LogP contribution in [0.3, 0.4) is 0 Å². The van der Waals surface area contributed by atoms with E-state index >= 15 is 0 Å². The van der Waals surface area contributed by atoms with E-state index in [1.165, 1.54) is 25.7 Å². The monoisotopic (exact) mass is 951 g/mol. The van der Waals surface area contributed by atoms with Crippen LogP contribution in [-0.4, -0.2) is 157 Å². The number of hydrogen-bond donors (Lipinski definition) is 0. The van der Waals surface area contributed by atoms with E-state index in [2.05, 4.69) is 20.8 Å². The van der Waals surface area contributed by atoms with Crippen LogP contribution < -0.4 is 0 Å². The molecule has 0 spiro atoms. The van der Waals surface area contributed by atoms with Crippen LogP contribution in [0.1, 0.15) is 127 Å². The van der Waals surface area contributed by atoms with Crippen molar-refractivity contribution < 1.29 is 106 Å². The molecule has 368 valence electrons. The Labute approximate surface area is 401 Å². The first-order valence-corrected chi connectivity index (χ1v) is 24.2. The first-order valence-electron chi connectivity index (χ1n) is 24.2. The fourth-order valence-corrected chi connectivity index (χ4v) is 7.13. The third-order valence-electron chi connectivity index (χ3n) is 10.8. The molecule has 0 N–H and O–H groups in total. The van der Waals surface area contributed by atoms with E-state index < -0.39 is 118 Å². The van der Waals surface area contributed by atoms with Crippen molar-refractivity contribution in [2.75, 3.05) is 33.0 Å². The lowest BCUT2D eigenvalue weighted by atomic mass is 9.72. The van der Waals surface area contributed by atoms with Crippen molar-refractivity contribution in [3.8, 4) is 0 Å². The van der Waals surface area contributed by atoms with Crippen LogP contribution in [0.4, 0.5) is 0 Å². The number of rotatable bonds is 19. The Bertz CT molecular complexity index is 1360. The van der Waals surface area contributed by atoms with Gasteiger partial charge in [-0.25, -0.2) is 0 Å². The Kier molecular flexibility index (Phi) is 25.3. The van der Waals surface area contributed by atoms with Crippen molar-refractivity contribution in [2.45, 2.75) is 169 Å². The molecule has 0 radical (unpaired) electrons. The average molecular weight is 949 g/mol. The molecule has 67 heavy (non-hydrogen) atoms. The smallest absolute Gasteiger partial charge is 0.426 e. The molecule has 6 heterocycles. The largest absolute Gasteiger partial charge is 0.615 e. The quantitative estimate of drug-likeness (QED) is 0.135. The zero-order chi connectivity index (χ0) is 47.5. The van der Waals surface area contributed by atoms with E-state index in [0.717, 1.165) is 38.5 Å². The zero-order valence-electron chi connectivity index (χ0n) is 40.7. The summed E-state index contributed by atoms with van der Waals surface area (Å²) in [5.74, 6) is 0.364. The maximum Gasteiger partial charge on any atom is 0.615 e. The summed E-state index contributed by atoms with van der Waals surface area (Å²) >= 11 is 0. The fraction of sp³-hybridized carbons (Fsp3) is 1.00. The summed E-state index contributed by atoms with van der Waals surface area (Å²) < 4.78 is 135. The first kappa shape index (κ1) is 56.2. The lowest BCUT2D eigenvalue weighted by Gasteiger charge is -2.34. The van der Waals surface area contributed by atoms with Gasteiger partial charge in [-0.2, -0.15) is 0 Å². The average Bonchev–Trinajstić information content (AvgIpc) is 3.28. The molecule has 23 nitrogen and oxygen atoms in total. The van der Waals surface area contributed by atoms with Gasteiger partial charge in [0.2, 0.25) is 0 Å². The third-order valence-corrected chi connectivity index (χ3v) is 10.8. The minimum Gasteiger partial charge on any atom is -0.426 e. The van der Waals surface area contributed by atoms with Crippen LogP contribution in [0.5, 0.6) is 0 Å². The van der Waals surface area contributed by atoms with E-state index in [1.807, 2.05) is 6.92 Å². The van der Waals surface area contributed by atoms with Crippen molar-refractivity contribution in [1.29, 1.82) is 0 Å². The molecule has 7 unspecified atom stereocenters. The standard InChI is InChI=1S/C32H66B12O23/c1-10-12-14-16-18-26(3)20-33-56-34-45-21-29(6)53-43-64-38(48-22-28(5)51-39(57-33)59-34)65-44(67-43)55-32(9)24-47-36-58-35-46-23-31(8)54-42-63-37(49-25-30(7)52-41(60-35)61-36)62-40(66-42)50-27(4)19-17-15-13-11-2/h26-32H,10-25H2,1-9H3. The van der Waals surface area contributed by atoms with Gasteiger partial charge in [-0.05, 0) is 60.2 Å². The van der Waals surface area contributed by atoms with E-state index in [4.69, 9.17) is 106 Å². The van der Waals surface area contributed by atoms with Gasteiger partial charge in [0.05, 0.1) is 63.6 Å². The molecular weight excluding hydrogens is 882 g/mol. The molecule has 8 bridgehead atoms. The predicted molar refractivity (Wildman–Crippen MR) is 247 cm³/mol. The predicted octanol–water partition coefficient (Wildman–Crippen LogP) is 2.68. The van der Waals surface area contributed by atoms with Gasteiger partial charge in [0.25, 0.3) is 0 Å². The highest BCUT2D eigenvalue weighted by Crippen LogP contribution is 2.24. The van der Waals surface area contributed by atoms with E-state index in [1.54, 1.807) is 34.6 Å². The number of hydrogen-bond acceptors (Lipinski definition) is 23. The van der Waals surface area contributed by atoms with Gasteiger partial charge in [0.1, 0.15) is 0 Å². The normalized spacial score (nSPS) is 27.0. The molecule has 0 aliphatic carbocycles. The van der Waals surface area contributed by atoms with Crippen LogP contribution in [0.15, 0.2) is 0 Å². The third kappa shape index (κ3) is 21.1. The van der Waals surface area contributed by atoms with Gasteiger partial charge in [-0.15, -0.1) is 0 Å². The summed E-state index contributed by atoms with van der Waals surface area (Å²) in [5, 5.41) is 0. The summed E-state index contributed by atoms with van der Waals surface area (Å²) in [5.41, 5.74) is 0. The highest BCUT2D eigenvalue weighted by Gasteiger charge is 2.53. The van der Waals surface area contributed by atoms with Crippen molar-refractivity contribution in [3.05, 3.63) is 0 Å². The number of fused-ring (bicyclic) bond motifs is 8. The van der Waals surface area contributed by atoms with Crippen molar-refractivity contribution in [1.82, 2.24) is 0 Å². The molecule has 0 saturated carbocycles. The molecule has 35 heteroatoms. The summed E-state index contributed by atoms with van der Waals surface area (Å²) in [4.78, 5) is 0. The Morgan fingerprint density at radius 1 is 0.418 bits per heavy atom. The summed E-state index contributed by atoms with van der Waals surface area (Å²) in [6.45, 7) is 17.2. The van der Waals surface area contributed by atoms with Gasteiger partial charge in [-0.1, -0.05) is 78.6 Å². The Morgan fingerprint density at radius 2 is 0.791 bits per heavy atom. The highest BCUT2D eigenvalue weighted by atomic mass is 16.9. The van der Waals surface area contributed by atoms with Gasteiger partial charge in [0.15, 0.2) is 0 Å². The van der Waals surface area contributed by atoms with E-state index in [0.29, 0.717) is 12.2 Å².